The lowest BCUT2D eigenvalue weighted by molar-refractivity contribution is -0.372. The third kappa shape index (κ3) is 10.6. The molecule has 4 aliphatic rings. The lowest BCUT2D eigenvalue weighted by atomic mass is 9.88. The van der Waals surface area contributed by atoms with Crippen molar-refractivity contribution in [3.05, 3.63) is 0 Å². The molecular weight excluding hydrogens is 756 g/mol. The third-order valence-electron chi connectivity index (χ3n) is 9.49. The van der Waals surface area contributed by atoms with Gasteiger partial charge in [0.1, 0.15) is 71.6 Å². The van der Waals surface area contributed by atoms with E-state index in [1.54, 1.807) is 0 Å². The zero-order valence-electron chi connectivity index (χ0n) is 28.2. The average molecular weight is 803 g/mol. The lowest BCUT2D eigenvalue weighted by Crippen LogP contribution is -2.60. The van der Waals surface area contributed by atoms with E-state index < -0.39 is 165 Å². The van der Waals surface area contributed by atoms with Crippen LogP contribution < -0.4 is 0 Å². The molecule has 0 spiro atoms. The Morgan fingerprint density at radius 3 is 1.31 bits per heavy atom. The summed E-state index contributed by atoms with van der Waals surface area (Å²) in [5, 5.41) is 84.0. The minimum atomic E-state index is -3.16. The van der Waals surface area contributed by atoms with Crippen LogP contribution in [0.15, 0.2) is 0 Å². The fraction of sp³-hybridized carbons (Fsp3) is 1.00. The highest BCUT2D eigenvalue weighted by molar-refractivity contribution is 7.74. The van der Waals surface area contributed by atoms with Crippen molar-refractivity contribution in [2.45, 2.75) is 132 Å². The van der Waals surface area contributed by atoms with Crippen molar-refractivity contribution in [3.8, 4) is 0 Å². The second-order valence-electron chi connectivity index (χ2n) is 13.0. The van der Waals surface area contributed by atoms with E-state index in [0.717, 1.165) is 0 Å². The van der Waals surface area contributed by atoms with Gasteiger partial charge in [-0.1, -0.05) is 0 Å². The summed E-state index contributed by atoms with van der Waals surface area (Å²) in [5.41, 5.74) is 0. The van der Waals surface area contributed by atoms with Crippen LogP contribution >= 0.6 is 0 Å². The first-order valence-corrected chi connectivity index (χ1v) is 18.2. The van der Waals surface area contributed by atoms with Gasteiger partial charge in [-0.3, -0.25) is 0 Å². The van der Waals surface area contributed by atoms with E-state index in [9.17, 15) is 58.4 Å². The normalized spacial score (nSPS) is 48.7. The van der Waals surface area contributed by atoms with E-state index >= 15 is 0 Å². The third-order valence-corrected chi connectivity index (χ3v) is 9.86. The van der Waals surface area contributed by atoms with Gasteiger partial charge in [-0.15, -0.1) is 8.67 Å². The van der Waals surface area contributed by atoms with Crippen molar-refractivity contribution in [2.24, 2.45) is 17.8 Å². The second kappa shape index (κ2) is 19.6. The Bertz CT molecular complexity index is 1150. The van der Waals surface area contributed by atoms with Crippen LogP contribution in [-0.4, -0.2) is 183 Å². The van der Waals surface area contributed by atoms with Crippen molar-refractivity contribution < 1.29 is 110 Å². The van der Waals surface area contributed by atoms with E-state index in [0.29, 0.717) is 0 Å². The van der Waals surface area contributed by atoms with Crippen molar-refractivity contribution in [2.75, 3.05) is 19.8 Å². The maximum atomic E-state index is 11.3. The van der Waals surface area contributed by atoms with Gasteiger partial charge in [0.05, 0.1) is 50.3 Å². The van der Waals surface area contributed by atoms with Crippen molar-refractivity contribution >= 4 is 22.7 Å². The summed E-state index contributed by atoms with van der Waals surface area (Å²) in [4.78, 5) is 9.99. The van der Waals surface area contributed by atoms with Crippen molar-refractivity contribution in [1.29, 1.82) is 0 Å². The van der Waals surface area contributed by atoms with Gasteiger partial charge in [-0.25, -0.2) is 18.2 Å². The number of aliphatic hydroxyl groups excluding tert-OH is 8. The van der Waals surface area contributed by atoms with Crippen LogP contribution in [0, 0.1) is 17.8 Å². The van der Waals surface area contributed by atoms with E-state index in [1.165, 1.54) is 27.7 Å². The predicted octanol–water partition coefficient (Wildman–Crippen LogP) is -5.40. The Labute approximate surface area is 302 Å². The Morgan fingerprint density at radius 2 is 0.865 bits per heavy atom. The van der Waals surface area contributed by atoms with Gasteiger partial charge in [0.2, 0.25) is 0 Å². The molecule has 4 heterocycles. The highest BCUT2D eigenvalue weighted by Gasteiger charge is 2.51. The Hall–Kier alpha value is -0.540. The first-order chi connectivity index (χ1) is 24.4. The molecule has 52 heavy (non-hydrogen) atoms. The largest absolute Gasteiger partial charge is 0.748 e. The topological polar surface area (TPSA) is 344 Å². The minimum absolute atomic E-state index is 0.447. The SMILES string of the molecule is CC1O[C@@H](OC[C@@H]2C(O)[C@H](OC[C@@H]3C(O)[C@H](OC[C@@H]4C(O)C(O)OC(C)[C@H]4O)OC(C)[C@H]3OOS(=O)[O-])OC(C)[C@H]2OOS(=O)[O-])C(O)[C@@H](O)[C@@H]1O. The van der Waals surface area contributed by atoms with Crippen LogP contribution in [0.3, 0.4) is 0 Å². The van der Waals surface area contributed by atoms with Gasteiger partial charge in [0, 0.05) is 17.8 Å². The van der Waals surface area contributed by atoms with Crippen molar-refractivity contribution in [3.63, 3.8) is 0 Å². The summed E-state index contributed by atoms with van der Waals surface area (Å²) >= 11 is -6.32. The van der Waals surface area contributed by atoms with Crippen LogP contribution in [0.25, 0.3) is 0 Å². The Kier molecular flexibility index (Phi) is 16.6. The standard InChI is InChI=1S/C27H48O23S2/c1-8-15(28)12(17(30)24(35)43-8)5-40-25-18(31)13(22(10(3)45-25)47-49-51(36)37)6-41-26-19(32)14(23(11(4)46-26)48-50-52(38)39)7-42-27-21(34)20(33)16(29)9(2)44-27/h8-35H,5-7H2,1-4H3,(H,36,37)(H,38,39)/p-2/t8?,9?,10?,11?,12-,13+,14+,15+,16+,17?,18?,19?,20-,21?,22+,23+,24?,25+,26+,27+/m0/s1. The van der Waals surface area contributed by atoms with Crippen LogP contribution in [0.5, 0.6) is 0 Å². The number of hydrogen-bond acceptors (Lipinski definition) is 23. The molecule has 0 aromatic heterocycles. The van der Waals surface area contributed by atoms with Crippen LogP contribution in [-0.2, 0) is 74.3 Å². The van der Waals surface area contributed by atoms with E-state index in [1.807, 2.05) is 0 Å². The fourth-order valence-electron chi connectivity index (χ4n) is 6.45. The first kappa shape index (κ1) is 44.2. The maximum Gasteiger partial charge on any atom is 0.186 e. The molecule has 4 fully saturated rings. The molecule has 11 unspecified atom stereocenters. The monoisotopic (exact) mass is 802 g/mol. The highest BCUT2D eigenvalue weighted by atomic mass is 32.2. The number of rotatable bonds is 15. The Morgan fingerprint density at radius 1 is 0.481 bits per heavy atom. The number of hydrogen-bond donors (Lipinski definition) is 8. The fourth-order valence-corrected chi connectivity index (χ4v) is 6.76. The lowest BCUT2D eigenvalue weighted by Gasteiger charge is -2.46. The molecule has 0 aromatic carbocycles. The summed E-state index contributed by atoms with van der Waals surface area (Å²) < 4.78 is 92.0. The molecule has 4 rings (SSSR count). The maximum absolute atomic E-state index is 11.3. The average Bonchev–Trinajstić information content (AvgIpc) is 3.08. The minimum Gasteiger partial charge on any atom is -0.748 e. The molecule has 0 saturated carbocycles. The summed E-state index contributed by atoms with van der Waals surface area (Å²) in [7, 11) is 0. The van der Waals surface area contributed by atoms with E-state index in [4.69, 9.17) is 42.9 Å². The van der Waals surface area contributed by atoms with Crippen molar-refractivity contribution in [1.82, 2.24) is 0 Å². The van der Waals surface area contributed by atoms with Gasteiger partial charge in [-0.05, 0) is 27.7 Å². The summed E-state index contributed by atoms with van der Waals surface area (Å²) in [6.45, 7) is 4.12. The van der Waals surface area contributed by atoms with Gasteiger partial charge in [0.25, 0.3) is 0 Å². The van der Waals surface area contributed by atoms with Gasteiger partial charge < -0.3 is 83.1 Å². The molecule has 0 aliphatic carbocycles. The summed E-state index contributed by atoms with van der Waals surface area (Å²) in [5.74, 6) is -3.59. The molecule has 4 aliphatic heterocycles. The van der Waals surface area contributed by atoms with E-state index in [-0.39, 0.29) is 0 Å². The van der Waals surface area contributed by atoms with Crippen LogP contribution in [0.2, 0.25) is 0 Å². The molecule has 306 valence electrons. The smallest absolute Gasteiger partial charge is 0.186 e. The zero-order chi connectivity index (χ0) is 38.6. The zero-order valence-corrected chi connectivity index (χ0v) is 29.8. The molecule has 23 nitrogen and oxygen atoms in total. The number of ether oxygens (including phenoxy) is 7. The van der Waals surface area contributed by atoms with E-state index in [2.05, 4.69) is 8.67 Å². The molecule has 4 saturated heterocycles. The quantitative estimate of drug-likeness (QED) is 0.0435. The first-order valence-electron chi connectivity index (χ1n) is 16.2. The number of aliphatic hydroxyl groups is 8. The Balaban J connectivity index is 1.48. The van der Waals surface area contributed by atoms with Crippen LogP contribution in [0.4, 0.5) is 0 Å². The van der Waals surface area contributed by atoms with Gasteiger partial charge in [-0.2, -0.15) is 0 Å². The molecule has 8 N–H and O–H groups in total. The molecule has 0 bridgehead atoms. The molecule has 25 heteroatoms. The summed E-state index contributed by atoms with van der Waals surface area (Å²) in [6, 6.07) is 0. The van der Waals surface area contributed by atoms with Crippen LogP contribution in [0.1, 0.15) is 27.7 Å². The molecule has 0 aromatic rings. The summed E-state index contributed by atoms with van der Waals surface area (Å²) in [6.07, 6.45) is -24.1. The molecule has 0 amide bonds. The van der Waals surface area contributed by atoms with Gasteiger partial charge in [0.15, 0.2) is 25.2 Å². The molecule has 22 atom stereocenters. The molecule has 0 radical (unpaired) electrons. The molecular formula is C27H46O23S2-2. The second-order valence-corrected chi connectivity index (χ2v) is 14.0. The predicted molar refractivity (Wildman–Crippen MR) is 160 cm³/mol. The highest BCUT2D eigenvalue weighted by Crippen LogP contribution is 2.35. The van der Waals surface area contributed by atoms with Gasteiger partial charge >= 0.3 is 0 Å².